The molecule has 5 nitrogen and oxygen atoms in total. The lowest BCUT2D eigenvalue weighted by atomic mass is 10.0. The smallest absolute Gasteiger partial charge is 0.250 e. The summed E-state index contributed by atoms with van der Waals surface area (Å²) in [7, 11) is 0. The van der Waals surface area contributed by atoms with Crippen LogP contribution in [-0.2, 0) is 0 Å². The number of hydrogen-bond acceptors (Lipinski definition) is 4. The van der Waals surface area contributed by atoms with Crippen molar-refractivity contribution < 1.29 is 4.79 Å². The molecule has 0 radical (unpaired) electrons. The molecule has 1 aromatic rings. The third-order valence-electron chi connectivity index (χ3n) is 4.51. The quantitative estimate of drug-likeness (QED) is 0.757. The second-order valence-electron chi connectivity index (χ2n) is 6.04. The molecule has 1 aromatic heterocycles. The number of hydrogen-bond donors (Lipinski definition) is 3. The molecule has 0 aliphatic heterocycles. The Labute approximate surface area is 107 Å². The SMILES string of the molecule is CC1(C)C(Nc2cnc(N)cc2C(N)=O)C1(C)C. The van der Waals surface area contributed by atoms with Crippen LogP contribution < -0.4 is 16.8 Å². The lowest BCUT2D eigenvalue weighted by molar-refractivity contribution is 0.100. The highest BCUT2D eigenvalue weighted by molar-refractivity contribution is 5.99. The molecule has 1 saturated carbocycles. The Hall–Kier alpha value is -1.78. The van der Waals surface area contributed by atoms with Gasteiger partial charge in [-0.05, 0) is 16.9 Å². The van der Waals surface area contributed by atoms with Crippen molar-refractivity contribution in [1.82, 2.24) is 4.98 Å². The van der Waals surface area contributed by atoms with Crippen LogP contribution in [0.5, 0.6) is 0 Å². The molecule has 1 fully saturated rings. The summed E-state index contributed by atoms with van der Waals surface area (Å²) in [5.41, 5.74) is 12.3. The minimum Gasteiger partial charge on any atom is -0.384 e. The Kier molecular flexibility index (Phi) is 2.54. The molecule has 98 valence electrons. The second kappa shape index (κ2) is 3.60. The van der Waals surface area contributed by atoms with Crippen LogP contribution in [0, 0.1) is 10.8 Å². The van der Waals surface area contributed by atoms with Crippen LogP contribution in [-0.4, -0.2) is 16.9 Å². The van der Waals surface area contributed by atoms with Crippen molar-refractivity contribution in [3.8, 4) is 0 Å². The van der Waals surface area contributed by atoms with E-state index in [0.717, 1.165) is 0 Å². The van der Waals surface area contributed by atoms with Gasteiger partial charge >= 0.3 is 0 Å². The van der Waals surface area contributed by atoms with E-state index >= 15 is 0 Å². The molecule has 0 saturated heterocycles. The fraction of sp³-hybridized carbons (Fsp3) is 0.538. The number of carbonyl (C=O) groups excluding carboxylic acids is 1. The number of carbonyl (C=O) groups is 1. The number of aromatic nitrogens is 1. The van der Waals surface area contributed by atoms with Crippen LogP contribution in [0.2, 0.25) is 0 Å². The van der Waals surface area contributed by atoms with Gasteiger partial charge in [0.15, 0.2) is 0 Å². The van der Waals surface area contributed by atoms with Gasteiger partial charge in [0.2, 0.25) is 0 Å². The number of rotatable bonds is 3. The first-order valence-electron chi connectivity index (χ1n) is 6.00. The summed E-state index contributed by atoms with van der Waals surface area (Å²) >= 11 is 0. The second-order valence-corrected chi connectivity index (χ2v) is 6.04. The molecule has 1 aliphatic rings. The van der Waals surface area contributed by atoms with Crippen LogP contribution >= 0.6 is 0 Å². The molecule has 0 spiro atoms. The molecule has 1 aliphatic carbocycles. The largest absolute Gasteiger partial charge is 0.384 e. The normalized spacial score (nSPS) is 20.4. The van der Waals surface area contributed by atoms with Gasteiger partial charge in [-0.1, -0.05) is 27.7 Å². The van der Waals surface area contributed by atoms with Gasteiger partial charge in [-0.3, -0.25) is 4.79 Å². The average molecular weight is 248 g/mol. The van der Waals surface area contributed by atoms with Crippen LogP contribution in [0.4, 0.5) is 11.5 Å². The minimum absolute atomic E-state index is 0.170. The van der Waals surface area contributed by atoms with Crippen LogP contribution in [0.3, 0.4) is 0 Å². The van der Waals surface area contributed by atoms with E-state index in [-0.39, 0.29) is 16.9 Å². The third-order valence-corrected chi connectivity index (χ3v) is 4.51. The van der Waals surface area contributed by atoms with E-state index in [9.17, 15) is 4.79 Å². The Morgan fingerprint density at radius 2 is 1.89 bits per heavy atom. The van der Waals surface area contributed by atoms with Crippen molar-refractivity contribution in [1.29, 1.82) is 0 Å². The minimum atomic E-state index is -0.497. The summed E-state index contributed by atoms with van der Waals surface area (Å²) in [6.07, 6.45) is 1.57. The van der Waals surface area contributed by atoms with Gasteiger partial charge < -0.3 is 16.8 Å². The molecular formula is C13H20N4O. The van der Waals surface area contributed by atoms with E-state index in [1.807, 2.05) is 0 Å². The molecule has 5 heteroatoms. The lowest BCUT2D eigenvalue weighted by Crippen LogP contribution is -2.18. The van der Waals surface area contributed by atoms with Gasteiger partial charge in [-0.25, -0.2) is 4.98 Å². The summed E-state index contributed by atoms with van der Waals surface area (Å²) < 4.78 is 0. The molecule has 1 amide bonds. The van der Waals surface area contributed by atoms with E-state index in [1.165, 1.54) is 6.07 Å². The molecule has 2 rings (SSSR count). The average Bonchev–Trinajstić information content (AvgIpc) is 2.62. The van der Waals surface area contributed by atoms with Crippen LogP contribution in [0.25, 0.3) is 0 Å². The summed E-state index contributed by atoms with van der Waals surface area (Å²) in [5, 5.41) is 3.35. The Bertz CT molecular complexity index is 494. The number of amides is 1. The summed E-state index contributed by atoms with van der Waals surface area (Å²) in [4.78, 5) is 15.4. The van der Waals surface area contributed by atoms with Crippen LogP contribution in [0.1, 0.15) is 38.1 Å². The maximum Gasteiger partial charge on any atom is 0.250 e. The van der Waals surface area contributed by atoms with Crippen LogP contribution in [0.15, 0.2) is 12.3 Å². The Balaban J connectivity index is 2.29. The summed E-state index contributed by atoms with van der Waals surface area (Å²) in [6, 6.07) is 1.79. The van der Waals surface area contributed by atoms with E-state index in [0.29, 0.717) is 17.1 Å². The lowest BCUT2D eigenvalue weighted by Gasteiger charge is -2.11. The van der Waals surface area contributed by atoms with Gasteiger partial charge in [-0.15, -0.1) is 0 Å². The maximum atomic E-state index is 11.4. The number of nitrogen functional groups attached to an aromatic ring is 1. The zero-order valence-corrected chi connectivity index (χ0v) is 11.2. The van der Waals surface area contributed by atoms with Crippen molar-refractivity contribution in [2.24, 2.45) is 16.6 Å². The molecule has 0 atom stereocenters. The third kappa shape index (κ3) is 1.70. The van der Waals surface area contributed by atoms with Crippen molar-refractivity contribution in [2.45, 2.75) is 33.7 Å². The molecule has 0 unspecified atom stereocenters. The van der Waals surface area contributed by atoms with Gasteiger partial charge in [-0.2, -0.15) is 0 Å². The van der Waals surface area contributed by atoms with E-state index in [4.69, 9.17) is 11.5 Å². The first-order valence-corrected chi connectivity index (χ1v) is 6.00. The standard InChI is InChI=1S/C13H20N4O/c1-12(2)11(13(12,3)4)17-8-6-16-9(14)5-7(8)10(15)18/h5-6,11,17H,1-4H3,(H2,14,16)(H2,15,18). The highest BCUT2D eigenvalue weighted by Gasteiger charge is 2.65. The number of anilines is 2. The van der Waals surface area contributed by atoms with Crippen molar-refractivity contribution in [2.75, 3.05) is 11.1 Å². The van der Waals surface area contributed by atoms with Gasteiger partial charge in [0.25, 0.3) is 5.91 Å². The number of nitrogens with two attached hydrogens (primary N) is 2. The molecular weight excluding hydrogens is 228 g/mol. The predicted molar refractivity (Wildman–Crippen MR) is 72.1 cm³/mol. The fourth-order valence-electron chi connectivity index (χ4n) is 2.50. The van der Waals surface area contributed by atoms with Crippen molar-refractivity contribution >= 4 is 17.4 Å². The highest BCUT2D eigenvalue weighted by Crippen LogP contribution is 2.63. The fourth-order valence-corrected chi connectivity index (χ4v) is 2.50. The Morgan fingerprint density at radius 1 is 1.33 bits per heavy atom. The van der Waals surface area contributed by atoms with Gasteiger partial charge in [0, 0.05) is 6.04 Å². The molecule has 5 N–H and O–H groups in total. The predicted octanol–water partition coefficient (Wildman–Crippen LogP) is 1.61. The molecule has 1 heterocycles. The maximum absolute atomic E-state index is 11.4. The zero-order valence-electron chi connectivity index (χ0n) is 11.2. The summed E-state index contributed by atoms with van der Waals surface area (Å²) in [6.45, 7) is 8.78. The van der Waals surface area contributed by atoms with E-state index in [1.54, 1.807) is 6.20 Å². The molecule has 0 aromatic carbocycles. The van der Waals surface area contributed by atoms with Gasteiger partial charge in [0.1, 0.15) is 5.82 Å². The van der Waals surface area contributed by atoms with Gasteiger partial charge in [0.05, 0.1) is 17.4 Å². The van der Waals surface area contributed by atoms with Crippen molar-refractivity contribution in [3.05, 3.63) is 17.8 Å². The van der Waals surface area contributed by atoms with Crippen molar-refractivity contribution in [3.63, 3.8) is 0 Å². The first-order chi connectivity index (χ1) is 8.18. The molecule has 0 bridgehead atoms. The number of primary amides is 1. The monoisotopic (exact) mass is 248 g/mol. The Morgan fingerprint density at radius 3 is 2.33 bits per heavy atom. The molecule has 18 heavy (non-hydrogen) atoms. The highest BCUT2D eigenvalue weighted by atomic mass is 16.1. The number of pyridine rings is 1. The summed E-state index contributed by atoms with van der Waals surface area (Å²) in [5.74, 6) is -0.202. The van der Waals surface area contributed by atoms with E-state index in [2.05, 4.69) is 38.0 Å². The van der Waals surface area contributed by atoms with E-state index < -0.39 is 5.91 Å². The number of nitrogens with one attached hydrogen (secondary N) is 1. The number of nitrogens with zero attached hydrogens (tertiary/aromatic N) is 1. The zero-order chi connectivity index (χ0) is 13.7. The first kappa shape index (κ1) is 12.7. The topological polar surface area (TPSA) is 94.0 Å².